The van der Waals surface area contributed by atoms with Crippen molar-refractivity contribution in [3.8, 4) is 22.4 Å². The third-order valence-corrected chi connectivity index (χ3v) is 3.70. The maximum Gasteiger partial charge on any atom is 0.0330 e. The van der Waals surface area contributed by atoms with E-state index in [1.165, 1.54) is 5.39 Å². The van der Waals surface area contributed by atoms with E-state index in [1.54, 1.807) is 6.20 Å². The molecule has 0 bridgehead atoms. The second kappa shape index (κ2) is 6.82. The zero-order valence-corrected chi connectivity index (χ0v) is 14.6. The number of hydrogen-bond acceptors (Lipinski definition) is 2. The minimum absolute atomic E-state index is 0. The molecule has 4 rings (SSSR count). The fourth-order valence-corrected chi connectivity index (χ4v) is 2.56. The van der Waals surface area contributed by atoms with E-state index in [-0.39, 0.29) is 20.1 Å². The molecule has 113 valence electrons. The van der Waals surface area contributed by atoms with Gasteiger partial charge in [-0.25, -0.2) is 0 Å². The van der Waals surface area contributed by atoms with E-state index >= 15 is 0 Å². The van der Waals surface area contributed by atoms with Gasteiger partial charge < -0.3 is 4.98 Å². The fraction of sp³-hybridized carbons (Fsp3) is 0. The topological polar surface area (TPSA) is 25.8 Å². The number of nitrogens with zero attached hydrogens (tertiary/aromatic N) is 2. The van der Waals surface area contributed by atoms with Crippen LogP contribution in [0.2, 0.25) is 0 Å². The Morgan fingerprint density at radius 2 is 1.65 bits per heavy atom. The van der Waals surface area contributed by atoms with Gasteiger partial charge >= 0.3 is 0 Å². The van der Waals surface area contributed by atoms with Crippen molar-refractivity contribution in [3.05, 3.63) is 85.3 Å². The molecule has 0 fully saturated rings. The smallest absolute Gasteiger partial charge is 0.0330 e. The van der Waals surface area contributed by atoms with Crippen LogP contribution in [0.4, 0.5) is 0 Å². The van der Waals surface area contributed by atoms with Crippen molar-refractivity contribution >= 4 is 10.8 Å². The Morgan fingerprint density at radius 1 is 0.783 bits per heavy atom. The first-order valence-corrected chi connectivity index (χ1v) is 7.17. The van der Waals surface area contributed by atoms with Gasteiger partial charge in [0, 0.05) is 38.7 Å². The molecule has 3 heteroatoms. The van der Waals surface area contributed by atoms with Crippen molar-refractivity contribution < 1.29 is 20.1 Å². The van der Waals surface area contributed by atoms with E-state index in [1.807, 2.05) is 42.7 Å². The summed E-state index contributed by atoms with van der Waals surface area (Å²) in [5.74, 6) is 0. The van der Waals surface area contributed by atoms with Gasteiger partial charge in [-0.05, 0) is 28.1 Å². The number of aromatic nitrogens is 2. The van der Waals surface area contributed by atoms with Crippen molar-refractivity contribution in [1.82, 2.24) is 9.97 Å². The molecule has 4 aromatic rings. The van der Waals surface area contributed by atoms with Crippen LogP contribution in [-0.2, 0) is 20.1 Å². The molecule has 23 heavy (non-hydrogen) atoms. The van der Waals surface area contributed by atoms with Crippen LogP contribution in [0.1, 0.15) is 0 Å². The van der Waals surface area contributed by atoms with Crippen LogP contribution >= 0.6 is 0 Å². The predicted molar refractivity (Wildman–Crippen MR) is 89.2 cm³/mol. The number of pyridine rings is 2. The van der Waals surface area contributed by atoms with Crippen LogP contribution in [-0.4, -0.2) is 9.97 Å². The number of benzene rings is 2. The van der Waals surface area contributed by atoms with Gasteiger partial charge in [-0.3, -0.25) is 4.98 Å². The largest absolute Gasteiger partial charge is 0.304 e. The average Bonchev–Trinajstić information content (AvgIpc) is 2.62. The molecule has 0 aliphatic heterocycles. The summed E-state index contributed by atoms with van der Waals surface area (Å²) in [6.07, 6.45) is 5.56. The van der Waals surface area contributed by atoms with E-state index in [2.05, 4.69) is 46.4 Å². The summed E-state index contributed by atoms with van der Waals surface area (Å²) < 4.78 is 0. The molecule has 0 saturated heterocycles. The maximum absolute atomic E-state index is 4.57. The van der Waals surface area contributed by atoms with E-state index in [4.69, 9.17) is 0 Å². The molecule has 1 radical (unpaired) electrons. The molecule has 0 spiro atoms. The number of rotatable bonds is 2. The van der Waals surface area contributed by atoms with Crippen molar-refractivity contribution in [2.24, 2.45) is 0 Å². The van der Waals surface area contributed by atoms with Crippen molar-refractivity contribution in [3.63, 3.8) is 0 Å². The van der Waals surface area contributed by atoms with Gasteiger partial charge in [0.2, 0.25) is 0 Å². The van der Waals surface area contributed by atoms with Gasteiger partial charge in [0.15, 0.2) is 0 Å². The Kier molecular flexibility index (Phi) is 4.61. The first-order chi connectivity index (χ1) is 10.9. The molecule has 2 nitrogen and oxygen atoms in total. The number of fused-ring (bicyclic) bond motifs is 1. The standard InChI is InChI=1S/C20H13N2.Ir/c1-2-6-19-14-22-20(12-16(19)5-1)17-8-3-7-15(11-17)18-9-4-10-21-13-18;/h1-7,9-14H;/q-1;. The molecule has 0 saturated carbocycles. The quantitative estimate of drug-likeness (QED) is 0.393. The molecular weight excluding hydrogens is 460 g/mol. The second-order valence-electron chi connectivity index (χ2n) is 5.15. The van der Waals surface area contributed by atoms with Gasteiger partial charge in [-0.1, -0.05) is 42.0 Å². The normalized spacial score (nSPS) is 10.3. The van der Waals surface area contributed by atoms with Crippen molar-refractivity contribution in [2.75, 3.05) is 0 Å². The monoisotopic (exact) mass is 474 g/mol. The summed E-state index contributed by atoms with van der Waals surface area (Å²) in [5.41, 5.74) is 4.15. The average molecular weight is 474 g/mol. The summed E-state index contributed by atoms with van der Waals surface area (Å²) in [4.78, 5) is 8.74. The Balaban J connectivity index is 0.00000156. The second-order valence-corrected chi connectivity index (χ2v) is 5.15. The van der Waals surface area contributed by atoms with Crippen LogP contribution in [0, 0.1) is 6.07 Å². The van der Waals surface area contributed by atoms with E-state index in [9.17, 15) is 0 Å². The Morgan fingerprint density at radius 3 is 2.48 bits per heavy atom. The van der Waals surface area contributed by atoms with Crippen LogP contribution in [0.15, 0.2) is 79.3 Å². The van der Waals surface area contributed by atoms with Crippen LogP contribution in [0.5, 0.6) is 0 Å². The van der Waals surface area contributed by atoms with Crippen LogP contribution in [0.25, 0.3) is 33.2 Å². The minimum Gasteiger partial charge on any atom is -0.304 e. The summed E-state index contributed by atoms with van der Waals surface area (Å²) in [6.45, 7) is 0. The van der Waals surface area contributed by atoms with Crippen molar-refractivity contribution in [1.29, 1.82) is 0 Å². The van der Waals surface area contributed by atoms with Gasteiger partial charge in [0.1, 0.15) is 0 Å². The first-order valence-electron chi connectivity index (χ1n) is 7.17. The Labute approximate surface area is 148 Å². The zero-order chi connectivity index (χ0) is 14.8. The summed E-state index contributed by atoms with van der Waals surface area (Å²) in [6, 6.07) is 23.7. The van der Waals surface area contributed by atoms with Crippen LogP contribution < -0.4 is 0 Å². The zero-order valence-electron chi connectivity index (χ0n) is 12.2. The summed E-state index contributed by atoms with van der Waals surface area (Å²) >= 11 is 0. The van der Waals surface area contributed by atoms with Gasteiger partial charge in [-0.15, -0.1) is 29.8 Å². The SMILES string of the molecule is [Ir].[c-]1ccc(-c2cccnc2)cc1-c1cc2ccccc2cn1. The first kappa shape index (κ1) is 15.5. The van der Waals surface area contributed by atoms with Gasteiger partial charge in [-0.2, -0.15) is 0 Å². The summed E-state index contributed by atoms with van der Waals surface area (Å²) in [5, 5.41) is 2.34. The molecule has 0 amide bonds. The van der Waals surface area contributed by atoms with E-state index in [0.29, 0.717) is 0 Å². The Bertz CT molecular complexity index is 936. The number of hydrogen-bond donors (Lipinski definition) is 0. The van der Waals surface area contributed by atoms with E-state index < -0.39 is 0 Å². The molecule has 0 atom stereocenters. The Hall–Kier alpha value is -2.35. The molecule has 2 aromatic heterocycles. The predicted octanol–water partition coefficient (Wildman–Crippen LogP) is 4.76. The third kappa shape index (κ3) is 3.21. The molecule has 0 N–H and O–H groups in total. The molecule has 2 aromatic carbocycles. The summed E-state index contributed by atoms with van der Waals surface area (Å²) in [7, 11) is 0. The maximum atomic E-state index is 4.57. The molecule has 0 unspecified atom stereocenters. The third-order valence-electron chi connectivity index (χ3n) is 3.70. The van der Waals surface area contributed by atoms with Crippen LogP contribution in [0.3, 0.4) is 0 Å². The minimum atomic E-state index is 0. The molecule has 2 heterocycles. The fourth-order valence-electron chi connectivity index (χ4n) is 2.56. The van der Waals surface area contributed by atoms with Gasteiger partial charge in [0.05, 0.1) is 0 Å². The van der Waals surface area contributed by atoms with Crippen molar-refractivity contribution in [2.45, 2.75) is 0 Å². The van der Waals surface area contributed by atoms with E-state index in [0.717, 1.165) is 27.8 Å². The molecule has 0 aliphatic rings. The van der Waals surface area contributed by atoms with Gasteiger partial charge in [0.25, 0.3) is 0 Å². The molecule has 0 aliphatic carbocycles. The molecular formula is C20H13IrN2-.